The van der Waals surface area contributed by atoms with E-state index in [4.69, 9.17) is 5.11 Å². The van der Waals surface area contributed by atoms with Crippen molar-refractivity contribution in [1.82, 2.24) is 5.32 Å². The van der Waals surface area contributed by atoms with E-state index in [1.807, 2.05) is 45.2 Å². The van der Waals surface area contributed by atoms with Crippen LogP contribution in [0.1, 0.15) is 17.3 Å². The van der Waals surface area contributed by atoms with Gasteiger partial charge in [0.1, 0.15) is 11.4 Å². The topological polar surface area (TPSA) is 89.8 Å². The van der Waals surface area contributed by atoms with Crippen LogP contribution in [-0.4, -0.2) is 40.0 Å². The van der Waals surface area contributed by atoms with E-state index >= 15 is 0 Å². The van der Waals surface area contributed by atoms with Crippen molar-refractivity contribution < 1.29 is 20.1 Å². The average molecular weight is 477 g/mol. The number of hydrogen-bond acceptors (Lipinski definition) is 4. The Kier molecular flexibility index (Phi) is 5.62. The summed E-state index contributed by atoms with van der Waals surface area (Å²) < 4.78 is 1.41. The summed E-state index contributed by atoms with van der Waals surface area (Å²) in [5.41, 5.74) is -1.22. The van der Waals surface area contributed by atoms with Crippen LogP contribution in [0.5, 0.6) is 5.75 Å². The molecule has 1 aromatic carbocycles. The Morgan fingerprint density at radius 1 is 1.44 bits per heavy atom. The van der Waals surface area contributed by atoms with Crippen molar-refractivity contribution in [3.8, 4) is 5.75 Å². The molecule has 1 rings (SSSR count). The van der Waals surface area contributed by atoms with Gasteiger partial charge in [-0.05, 0) is 64.2 Å². The molecule has 0 saturated heterocycles. The van der Waals surface area contributed by atoms with E-state index < -0.39 is 18.1 Å². The highest BCUT2D eigenvalue weighted by molar-refractivity contribution is 14.1. The minimum absolute atomic E-state index is 0.0860. The number of aliphatic hydroxyl groups excluding tert-OH is 1. The number of benzene rings is 1. The van der Waals surface area contributed by atoms with Crippen LogP contribution in [0.4, 0.5) is 0 Å². The number of carbonyl (C=O) groups excluding carboxylic acids is 1. The third kappa shape index (κ3) is 4.21. The fourth-order valence-electron chi connectivity index (χ4n) is 1.16. The Hall–Kier alpha value is -0.130. The van der Waals surface area contributed by atoms with E-state index in [0.29, 0.717) is 3.57 Å². The summed E-state index contributed by atoms with van der Waals surface area (Å²) >= 11 is 3.98. The molecular formula is C11H13I2NO4. The third-order valence-electron chi connectivity index (χ3n) is 2.24. The number of rotatable bonds is 4. The Bertz CT molecular complexity index is 463. The highest BCUT2D eigenvalue weighted by Crippen LogP contribution is 2.26. The Morgan fingerprint density at radius 3 is 2.61 bits per heavy atom. The van der Waals surface area contributed by atoms with Gasteiger partial charge in [-0.2, -0.15) is 0 Å². The highest BCUT2D eigenvalue weighted by Gasteiger charge is 2.22. The molecule has 5 nitrogen and oxygen atoms in total. The summed E-state index contributed by atoms with van der Waals surface area (Å²) in [6.07, 6.45) is 0. The summed E-state index contributed by atoms with van der Waals surface area (Å²) in [4.78, 5) is 11.9. The van der Waals surface area contributed by atoms with Gasteiger partial charge in [0.15, 0.2) is 0 Å². The van der Waals surface area contributed by atoms with Crippen molar-refractivity contribution in [2.24, 2.45) is 0 Å². The zero-order valence-electron chi connectivity index (χ0n) is 9.57. The van der Waals surface area contributed by atoms with Crippen LogP contribution in [0.25, 0.3) is 0 Å². The molecule has 0 saturated carbocycles. The predicted octanol–water partition coefficient (Wildman–Crippen LogP) is 1.07. The molecule has 100 valence electrons. The van der Waals surface area contributed by atoms with Crippen LogP contribution < -0.4 is 5.32 Å². The van der Waals surface area contributed by atoms with Gasteiger partial charge >= 0.3 is 0 Å². The number of aliphatic hydroxyl groups is 2. The number of amides is 1. The number of carbonyl (C=O) groups is 1. The van der Waals surface area contributed by atoms with Crippen LogP contribution in [0.3, 0.4) is 0 Å². The Morgan fingerprint density at radius 2 is 2.06 bits per heavy atom. The van der Waals surface area contributed by atoms with Crippen molar-refractivity contribution in [3.63, 3.8) is 0 Å². The maximum absolute atomic E-state index is 11.9. The minimum Gasteiger partial charge on any atom is -0.506 e. The van der Waals surface area contributed by atoms with Gasteiger partial charge in [-0.25, -0.2) is 0 Å². The first-order valence-corrected chi connectivity index (χ1v) is 7.22. The molecule has 7 heteroatoms. The first-order valence-electron chi connectivity index (χ1n) is 5.06. The standard InChI is InChI=1S/C11H13I2NO4/c1-11(18,5-15)4-14-10(17)7-2-6(12)3-8(13)9(7)16/h2-3,15-16,18H,4-5H2,1H3,(H,14,17). The van der Waals surface area contributed by atoms with E-state index in [2.05, 4.69) is 5.32 Å². The first kappa shape index (κ1) is 15.9. The molecule has 1 aromatic rings. The monoisotopic (exact) mass is 477 g/mol. The Labute approximate surface area is 132 Å². The second kappa shape index (κ2) is 6.35. The van der Waals surface area contributed by atoms with E-state index in [9.17, 15) is 15.0 Å². The lowest BCUT2D eigenvalue weighted by molar-refractivity contribution is 0.00318. The van der Waals surface area contributed by atoms with Gasteiger partial charge in [-0.1, -0.05) is 0 Å². The highest BCUT2D eigenvalue weighted by atomic mass is 127. The number of phenolic OH excluding ortho intramolecular Hbond substituents is 1. The van der Waals surface area contributed by atoms with Crippen molar-refractivity contribution >= 4 is 51.1 Å². The molecule has 0 aliphatic carbocycles. The number of aromatic hydroxyl groups is 1. The van der Waals surface area contributed by atoms with Gasteiger partial charge in [-0.3, -0.25) is 4.79 Å². The van der Waals surface area contributed by atoms with Crippen LogP contribution in [-0.2, 0) is 0 Å². The molecule has 0 aromatic heterocycles. The second-order valence-corrected chi connectivity index (χ2v) is 6.53. The number of hydrogen-bond donors (Lipinski definition) is 4. The largest absolute Gasteiger partial charge is 0.506 e. The van der Waals surface area contributed by atoms with E-state index in [1.54, 1.807) is 12.1 Å². The van der Waals surface area contributed by atoms with Crippen molar-refractivity contribution in [2.75, 3.05) is 13.2 Å². The maximum Gasteiger partial charge on any atom is 0.255 e. The number of halogens is 2. The van der Waals surface area contributed by atoms with E-state index in [1.165, 1.54) is 6.92 Å². The van der Waals surface area contributed by atoms with Crippen LogP contribution in [0.15, 0.2) is 12.1 Å². The zero-order valence-corrected chi connectivity index (χ0v) is 13.9. The second-order valence-electron chi connectivity index (χ2n) is 4.12. The lowest BCUT2D eigenvalue weighted by atomic mass is 10.1. The molecule has 1 atom stereocenters. The maximum atomic E-state index is 11.9. The fraction of sp³-hybridized carbons (Fsp3) is 0.364. The zero-order chi connectivity index (χ0) is 13.9. The molecule has 0 fully saturated rings. The third-order valence-corrected chi connectivity index (χ3v) is 3.69. The normalized spacial score (nSPS) is 14.1. The smallest absolute Gasteiger partial charge is 0.255 e. The summed E-state index contributed by atoms with van der Waals surface area (Å²) in [5, 5.41) is 30.7. The molecule has 1 amide bonds. The number of phenols is 1. The van der Waals surface area contributed by atoms with Gasteiger partial charge in [0.05, 0.1) is 15.7 Å². The van der Waals surface area contributed by atoms with Gasteiger partial charge < -0.3 is 20.6 Å². The van der Waals surface area contributed by atoms with E-state index in [0.717, 1.165) is 3.57 Å². The summed E-state index contributed by atoms with van der Waals surface area (Å²) in [7, 11) is 0. The lowest BCUT2D eigenvalue weighted by Gasteiger charge is -2.20. The van der Waals surface area contributed by atoms with Crippen molar-refractivity contribution in [3.05, 3.63) is 24.8 Å². The number of nitrogens with one attached hydrogen (secondary N) is 1. The summed E-state index contributed by atoms with van der Waals surface area (Å²) in [6.45, 7) is 0.860. The van der Waals surface area contributed by atoms with Gasteiger partial charge in [0, 0.05) is 10.1 Å². The summed E-state index contributed by atoms with van der Waals surface area (Å²) in [5.74, 6) is -0.574. The molecule has 0 spiro atoms. The summed E-state index contributed by atoms with van der Waals surface area (Å²) in [6, 6.07) is 3.30. The molecular weight excluding hydrogens is 464 g/mol. The van der Waals surface area contributed by atoms with Gasteiger partial charge in [-0.15, -0.1) is 0 Å². The van der Waals surface area contributed by atoms with Gasteiger partial charge in [0.2, 0.25) is 0 Å². The molecule has 0 heterocycles. The average Bonchev–Trinajstić information content (AvgIpc) is 2.31. The molecule has 0 bridgehead atoms. The fourth-order valence-corrected chi connectivity index (χ4v) is 3.01. The van der Waals surface area contributed by atoms with Crippen LogP contribution in [0, 0.1) is 7.14 Å². The minimum atomic E-state index is -1.37. The molecule has 1 unspecified atom stereocenters. The molecule has 0 aliphatic heterocycles. The van der Waals surface area contributed by atoms with Gasteiger partial charge in [0.25, 0.3) is 5.91 Å². The lowest BCUT2D eigenvalue weighted by Crippen LogP contribution is -2.43. The predicted molar refractivity (Wildman–Crippen MR) is 83.6 cm³/mol. The molecule has 4 N–H and O–H groups in total. The SMILES string of the molecule is CC(O)(CO)CNC(=O)c1cc(I)cc(I)c1O. The van der Waals surface area contributed by atoms with Crippen LogP contribution in [0.2, 0.25) is 0 Å². The molecule has 0 aliphatic rings. The first-order chi connectivity index (χ1) is 8.26. The van der Waals surface area contributed by atoms with Crippen LogP contribution >= 0.6 is 45.2 Å². The quantitative estimate of drug-likeness (QED) is 0.489. The van der Waals surface area contributed by atoms with Crippen molar-refractivity contribution in [1.29, 1.82) is 0 Å². The molecule has 0 radical (unpaired) electrons. The Balaban J connectivity index is 2.85. The van der Waals surface area contributed by atoms with E-state index in [-0.39, 0.29) is 17.9 Å². The molecule has 18 heavy (non-hydrogen) atoms. The van der Waals surface area contributed by atoms with Crippen molar-refractivity contribution in [2.45, 2.75) is 12.5 Å².